The highest BCUT2D eigenvalue weighted by Crippen LogP contribution is 2.11. The van der Waals surface area contributed by atoms with Gasteiger partial charge >= 0.3 is 0 Å². The SMILES string of the molecule is CC(C)CC[C@H](O)[C@@H](N)Cc1ccccc1. The molecule has 0 unspecified atom stereocenters. The van der Waals surface area contributed by atoms with Crippen molar-refractivity contribution >= 4 is 0 Å². The van der Waals surface area contributed by atoms with Gasteiger partial charge < -0.3 is 10.8 Å². The van der Waals surface area contributed by atoms with Crippen molar-refractivity contribution in [2.45, 2.75) is 45.3 Å². The van der Waals surface area contributed by atoms with Crippen LogP contribution in [0.15, 0.2) is 30.3 Å². The number of aliphatic hydroxyl groups excluding tert-OH is 1. The Morgan fingerprint density at radius 2 is 1.75 bits per heavy atom. The highest BCUT2D eigenvalue weighted by Gasteiger charge is 2.15. The zero-order valence-corrected chi connectivity index (χ0v) is 10.3. The Kier molecular flexibility index (Phi) is 5.50. The summed E-state index contributed by atoms with van der Waals surface area (Å²) in [6.45, 7) is 4.32. The zero-order valence-electron chi connectivity index (χ0n) is 10.3. The van der Waals surface area contributed by atoms with Gasteiger partial charge in [0.05, 0.1) is 6.10 Å². The van der Waals surface area contributed by atoms with E-state index in [9.17, 15) is 5.11 Å². The Morgan fingerprint density at radius 1 is 1.12 bits per heavy atom. The molecule has 0 fully saturated rings. The van der Waals surface area contributed by atoms with E-state index in [0.717, 1.165) is 19.3 Å². The number of benzene rings is 1. The fourth-order valence-electron chi connectivity index (χ4n) is 1.74. The number of aliphatic hydroxyl groups is 1. The highest BCUT2D eigenvalue weighted by atomic mass is 16.3. The molecule has 2 nitrogen and oxygen atoms in total. The fraction of sp³-hybridized carbons (Fsp3) is 0.571. The zero-order chi connectivity index (χ0) is 12.0. The van der Waals surface area contributed by atoms with Crippen molar-refractivity contribution in [2.75, 3.05) is 0 Å². The van der Waals surface area contributed by atoms with Crippen LogP contribution in [0.3, 0.4) is 0 Å². The van der Waals surface area contributed by atoms with Gasteiger partial charge in [0, 0.05) is 6.04 Å². The maximum Gasteiger partial charge on any atom is 0.0694 e. The number of rotatable bonds is 6. The van der Waals surface area contributed by atoms with E-state index in [1.54, 1.807) is 0 Å². The second-order valence-corrected chi connectivity index (χ2v) is 4.89. The molecule has 2 atom stereocenters. The molecule has 0 aliphatic rings. The van der Waals surface area contributed by atoms with Crippen LogP contribution in [-0.4, -0.2) is 17.3 Å². The third kappa shape index (κ3) is 4.77. The average Bonchev–Trinajstić information content (AvgIpc) is 2.27. The summed E-state index contributed by atoms with van der Waals surface area (Å²) in [5, 5.41) is 9.90. The topological polar surface area (TPSA) is 46.2 Å². The Hall–Kier alpha value is -0.860. The maximum atomic E-state index is 9.90. The van der Waals surface area contributed by atoms with Crippen LogP contribution in [0.25, 0.3) is 0 Å². The van der Waals surface area contributed by atoms with Crippen molar-refractivity contribution in [3.8, 4) is 0 Å². The summed E-state index contributed by atoms with van der Waals surface area (Å²) in [5.41, 5.74) is 7.18. The molecule has 0 radical (unpaired) electrons. The Morgan fingerprint density at radius 3 is 2.31 bits per heavy atom. The van der Waals surface area contributed by atoms with E-state index >= 15 is 0 Å². The maximum absolute atomic E-state index is 9.90. The molecule has 2 heteroatoms. The molecule has 1 aromatic carbocycles. The van der Waals surface area contributed by atoms with Crippen molar-refractivity contribution in [3.05, 3.63) is 35.9 Å². The minimum atomic E-state index is -0.386. The monoisotopic (exact) mass is 221 g/mol. The van der Waals surface area contributed by atoms with Crippen LogP contribution >= 0.6 is 0 Å². The molecule has 16 heavy (non-hydrogen) atoms. The quantitative estimate of drug-likeness (QED) is 0.774. The van der Waals surface area contributed by atoms with Gasteiger partial charge in [-0.2, -0.15) is 0 Å². The minimum Gasteiger partial charge on any atom is -0.392 e. The van der Waals surface area contributed by atoms with Gasteiger partial charge in [-0.25, -0.2) is 0 Å². The standard InChI is InChI=1S/C14H23NO/c1-11(2)8-9-14(16)13(15)10-12-6-4-3-5-7-12/h3-7,11,13-14,16H,8-10,15H2,1-2H3/t13-,14-/m0/s1. The smallest absolute Gasteiger partial charge is 0.0694 e. The van der Waals surface area contributed by atoms with Gasteiger partial charge in [0.15, 0.2) is 0 Å². The molecule has 3 N–H and O–H groups in total. The van der Waals surface area contributed by atoms with E-state index in [1.807, 2.05) is 18.2 Å². The van der Waals surface area contributed by atoms with E-state index < -0.39 is 0 Å². The van der Waals surface area contributed by atoms with Crippen LogP contribution < -0.4 is 5.73 Å². The first-order valence-electron chi connectivity index (χ1n) is 6.07. The van der Waals surface area contributed by atoms with E-state index in [1.165, 1.54) is 5.56 Å². The molecule has 0 aromatic heterocycles. The summed E-state index contributed by atoms with van der Waals surface area (Å²) < 4.78 is 0. The Bertz CT molecular complexity index is 284. The lowest BCUT2D eigenvalue weighted by Crippen LogP contribution is -2.36. The van der Waals surface area contributed by atoms with E-state index in [-0.39, 0.29) is 12.1 Å². The molecule has 0 heterocycles. The summed E-state index contributed by atoms with van der Waals surface area (Å²) in [6.07, 6.45) is 2.19. The predicted octanol–water partition coefficient (Wildman–Crippen LogP) is 2.35. The summed E-state index contributed by atoms with van der Waals surface area (Å²) in [4.78, 5) is 0. The molecule has 0 aliphatic carbocycles. The minimum absolute atomic E-state index is 0.152. The highest BCUT2D eigenvalue weighted by molar-refractivity contribution is 5.16. The molecular weight excluding hydrogens is 198 g/mol. The lowest BCUT2D eigenvalue weighted by molar-refractivity contribution is 0.128. The van der Waals surface area contributed by atoms with Gasteiger partial charge in [-0.1, -0.05) is 44.2 Å². The van der Waals surface area contributed by atoms with Gasteiger partial charge in [-0.3, -0.25) is 0 Å². The van der Waals surface area contributed by atoms with Crippen molar-refractivity contribution in [3.63, 3.8) is 0 Å². The molecule has 0 aliphatic heterocycles. The van der Waals surface area contributed by atoms with Gasteiger partial charge in [0.1, 0.15) is 0 Å². The fourth-order valence-corrected chi connectivity index (χ4v) is 1.74. The Balaban J connectivity index is 2.37. The first-order chi connectivity index (χ1) is 7.59. The number of nitrogens with two attached hydrogens (primary N) is 1. The van der Waals surface area contributed by atoms with Crippen molar-refractivity contribution in [1.29, 1.82) is 0 Å². The summed E-state index contributed by atoms with van der Waals surface area (Å²) >= 11 is 0. The van der Waals surface area contributed by atoms with Crippen LogP contribution in [0, 0.1) is 5.92 Å². The van der Waals surface area contributed by atoms with Gasteiger partial charge in [0.2, 0.25) is 0 Å². The second-order valence-electron chi connectivity index (χ2n) is 4.89. The average molecular weight is 221 g/mol. The van der Waals surface area contributed by atoms with Gasteiger partial charge in [0.25, 0.3) is 0 Å². The molecule has 1 rings (SSSR count). The Labute approximate surface area is 98.5 Å². The van der Waals surface area contributed by atoms with E-state index in [2.05, 4.69) is 26.0 Å². The van der Waals surface area contributed by atoms with Crippen molar-refractivity contribution in [2.24, 2.45) is 11.7 Å². The normalized spacial score (nSPS) is 15.1. The molecule has 1 aromatic rings. The summed E-state index contributed by atoms with van der Waals surface area (Å²) in [5.74, 6) is 0.624. The van der Waals surface area contributed by atoms with Crippen LogP contribution in [0.5, 0.6) is 0 Å². The largest absolute Gasteiger partial charge is 0.392 e. The lowest BCUT2D eigenvalue weighted by Gasteiger charge is -2.19. The lowest BCUT2D eigenvalue weighted by atomic mass is 9.96. The van der Waals surface area contributed by atoms with E-state index in [4.69, 9.17) is 5.73 Å². The van der Waals surface area contributed by atoms with Crippen LogP contribution in [0.4, 0.5) is 0 Å². The molecule has 90 valence electrons. The third-order valence-corrected chi connectivity index (χ3v) is 2.85. The van der Waals surface area contributed by atoms with Gasteiger partial charge in [-0.05, 0) is 30.7 Å². The van der Waals surface area contributed by atoms with Crippen LogP contribution in [0.1, 0.15) is 32.3 Å². The molecule has 0 spiro atoms. The second kappa shape index (κ2) is 6.66. The molecule has 0 amide bonds. The predicted molar refractivity (Wildman–Crippen MR) is 68.2 cm³/mol. The molecular formula is C14H23NO. The van der Waals surface area contributed by atoms with Crippen LogP contribution in [-0.2, 0) is 6.42 Å². The van der Waals surface area contributed by atoms with E-state index in [0.29, 0.717) is 5.92 Å². The first kappa shape index (κ1) is 13.2. The van der Waals surface area contributed by atoms with Gasteiger partial charge in [-0.15, -0.1) is 0 Å². The molecule has 0 bridgehead atoms. The molecule has 0 saturated heterocycles. The van der Waals surface area contributed by atoms with Crippen molar-refractivity contribution in [1.82, 2.24) is 0 Å². The van der Waals surface area contributed by atoms with Crippen molar-refractivity contribution < 1.29 is 5.11 Å². The summed E-state index contributed by atoms with van der Waals surface area (Å²) in [6, 6.07) is 9.94. The number of hydrogen-bond donors (Lipinski definition) is 2. The number of hydrogen-bond acceptors (Lipinski definition) is 2. The third-order valence-electron chi connectivity index (χ3n) is 2.85. The summed E-state index contributed by atoms with van der Waals surface area (Å²) in [7, 11) is 0. The first-order valence-corrected chi connectivity index (χ1v) is 6.07. The molecule has 0 saturated carbocycles. The van der Waals surface area contributed by atoms with Crippen LogP contribution in [0.2, 0.25) is 0 Å².